The van der Waals surface area contributed by atoms with Crippen LogP contribution in [0, 0.1) is 0 Å². The number of nitrogens with zero attached hydrogens (tertiary/aromatic N) is 1. The van der Waals surface area contributed by atoms with E-state index in [1.807, 2.05) is 0 Å². The number of hydrogen-bond donors (Lipinski definition) is 0. The maximum absolute atomic E-state index is 2.29. The zero-order chi connectivity index (χ0) is 15.8. The van der Waals surface area contributed by atoms with Gasteiger partial charge in [0.05, 0.1) is 10.8 Å². The van der Waals surface area contributed by atoms with Gasteiger partial charge in [0.2, 0.25) is 11.0 Å². The number of hydrogen-bond acceptors (Lipinski definition) is 0. The van der Waals surface area contributed by atoms with Crippen molar-refractivity contribution >= 4 is 21.8 Å². The van der Waals surface area contributed by atoms with E-state index < -0.39 is 0 Å². The summed E-state index contributed by atoms with van der Waals surface area (Å²) in [6.45, 7) is 2.20. The summed E-state index contributed by atoms with van der Waals surface area (Å²) in [7, 11) is 2.15. The van der Waals surface area contributed by atoms with Crippen molar-refractivity contribution in [3.8, 4) is 11.1 Å². The van der Waals surface area contributed by atoms with Gasteiger partial charge in [0.15, 0.2) is 0 Å². The minimum atomic E-state index is 0. The first-order chi connectivity index (χ1) is 11.3. The van der Waals surface area contributed by atoms with Gasteiger partial charge in [-0.25, -0.2) is 0 Å². The Morgan fingerprint density at radius 2 is 1.21 bits per heavy atom. The average molecular weight is 425 g/mol. The quantitative estimate of drug-likeness (QED) is 0.263. The van der Waals surface area contributed by atoms with Crippen LogP contribution in [-0.2, 0) is 13.5 Å². The first kappa shape index (κ1) is 16.9. The molecular weight excluding hydrogens is 405 g/mol. The number of aromatic nitrogens is 1. The van der Waals surface area contributed by atoms with Crippen molar-refractivity contribution in [1.29, 1.82) is 0 Å². The van der Waals surface area contributed by atoms with E-state index >= 15 is 0 Å². The predicted molar refractivity (Wildman–Crippen MR) is 97.4 cm³/mol. The van der Waals surface area contributed by atoms with Crippen LogP contribution in [0.3, 0.4) is 0 Å². The predicted octanol–water partition coefficient (Wildman–Crippen LogP) is 2.05. The fourth-order valence-corrected chi connectivity index (χ4v) is 3.45. The Labute approximate surface area is 160 Å². The summed E-state index contributed by atoms with van der Waals surface area (Å²) in [6, 6.07) is 26.3. The molecule has 0 saturated carbocycles. The van der Waals surface area contributed by atoms with E-state index in [1.165, 1.54) is 38.5 Å². The fourth-order valence-electron chi connectivity index (χ4n) is 3.45. The van der Waals surface area contributed by atoms with Crippen molar-refractivity contribution < 1.29 is 28.5 Å². The highest BCUT2D eigenvalue weighted by molar-refractivity contribution is 6.07. The lowest BCUT2D eigenvalue weighted by Gasteiger charge is -2.11. The topological polar surface area (TPSA) is 3.88 Å². The molecule has 24 heavy (non-hydrogen) atoms. The zero-order valence-electron chi connectivity index (χ0n) is 14.0. The highest BCUT2D eigenvalue weighted by Gasteiger charge is 2.17. The van der Waals surface area contributed by atoms with Gasteiger partial charge in [-0.2, -0.15) is 4.57 Å². The van der Waals surface area contributed by atoms with Crippen LogP contribution in [0.4, 0.5) is 0 Å². The van der Waals surface area contributed by atoms with E-state index in [9.17, 15) is 0 Å². The lowest BCUT2D eigenvalue weighted by molar-refractivity contribution is -0.617. The van der Waals surface area contributed by atoms with Crippen LogP contribution in [0.5, 0.6) is 0 Å². The molecule has 3 aromatic carbocycles. The molecule has 1 nitrogen and oxygen atoms in total. The maximum Gasteiger partial charge on any atom is 0.213 e. The second-order valence-corrected chi connectivity index (χ2v) is 6.02. The smallest absolute Gasteiger partial charge is 0.213 e. The lowest BCUT2D eigenvalue weighted by atomic mass is 9.95. The second kappa shape index (κ2) is 6.89. The molecule has 0 saturated heterocycles. The van der Waals surface area contributed by atoms with Gasteiger partial charge in [-0.05, 0) is 29.7 Å². The molecular formula is C22H20IN. The SMILES string of the molecule is CCc1ccc(-c2c3ccccc3[n+](C)c3ccccc23)cc1.[I-]. The minimum Gasteiger partial charge on any atom is -1.00 e. The van der Waals surface area contributed by atoms with Crippen molar-refractivity contribution in [2.45, 2.75) is 13.3 Å². The molecule has 0 fully saturated rings. The van der Waals surface area contributed by atoms with Gasteiger partial charge in [0.25, 0.3) is 0 Å². The third-order valence-corrected chi connectivity index (χ3v) is 4.72. The summed E-state index contributed by atoms with van der Waals surface area (Å²) in [5, 5.41) is 2.61. The number of fused-ring (bicyclic) bond motifs is 2. The van der Waals surface area contributed by atoms with Crippen LogP contribution < -0.4 is 28.5 Å². The molecule has 0 aliphatic carbocycles. The zero-order valence-corrected chi connectivity index (χ0v) is 16.1. The van der Waals surface area contributed by atoms with E-state index in [4.69, 9.17) is 0 Å². The van der Waals surface area contributed by atoms with Crippen LogP contribution in [0.15, 0.2) is 72.8 Å². The number of halogens is 1. The van der Waals surface area contributed by atoms with Crippen LogP contribution in [0.1, 0.15) is 12.5 Å². The Balaban J connectivity index is 0.00000169. The normalized spacial score (nSPS) is 10.8. The van der Waals surface area contributed by atoms with E-state index in [-0.39, 0.29) is 24.0 Å². The van der Waals surface area contributed by atoms with Crippen molar-refractivity contribution in [2.24, 2.45) is 7.05 Å². The summed E-state index contributed by atoms with van der Waals surface area (Å²) in [6.07, 6.45) is 1.07. The van der Waals surface area contributed by atoms with Crippen LogP contribution in [0.25, 0.3) is 32.9 Å². The van der Waals surface area contributed by atoms with E-state index in [1.54, 1.807) is 0 Å². The molecule has 0 radical (unpaired) electrons. The second-order valence-electron chi connectivity index (χ2n) is 6.02. The molecule has 0 spiro atoms. The lowest BCUT2D eigenvalue weighted by Crippen LogP contribution is -3.00. The monoisotopic (exact) mass is 425 g/mol. The van der Waals surface area contributed by atoms with Crippen molar-refractivity contribution in [2.75, 3.05) is 0 Å². The van der Waals surface area contributed by atoms with Gasteiger partial charge in [-0.15, -0.1) is 0 Å². The third-order valence-electron chi connectivity index (χ3n) is 4.72. The van der Waals surface area contributed by atoms with Crippen LogP contribution in [0.2, 0.25) is 0 Å². The first-order valence-electron chi connectivity index (χ1n) is 8.18. The van der Waals surface area contributed by atoms with Crippen LogP contribution in [-0.4, -0.2) is 0 Å². The van der Waals surface area contributed by atoms with Gasteiger partial charge in [0, 0.05) is 17.7 Å². The largest absolute Gasteiger partial charge is 1.00 e. The fraction of sp³-hybridized carbons (Fsp3) is 0.136. The summed E-state index contributed by atoms with van der Waals surface area (Å²) >= 11 is 0. The third kappa shape index (κ3) is 2.69. The molecule has 0 amide bonds. The number of aryl methyl sites for hydroxylation is 2. The van der Waals surface area contributed by atoms with Crippen molar-refractivity contribution in [3.05, 3.63) is 78.4 Å². The molecule has 4 aromatic rings. The summed E-state index contributed by atoms with van der Waals surface area (Å²) in [5.74, 6) is 0. The first-order valence-corrected chi connectivity index (χ1v) is 8.18. The Kier molecular flexibility index (Phi) is 4.86. The summed E-state index contributed by atoms with van der Waals surface area (Å²) < 4.78 is 2.29. The molecule has 1 heterocycles. The highest BCUT2D eigenvalue weighted by Crippen LogP contribution is 2.33. The molecule has 0 atom stereocenters. The van der Waals surface area contributed by atoms with Crippen molar-refractivity contribution in [1.82, 2.24) is 0 Å². The molecule has 2 heteroatoms. The maximum atomic E-state index is 2.29. The summed E-state index contributed by atoms with van der Waals surface area (Å²) in [4.78, 5) is 0. The molecule has 1 aromatic heterocycles. The average Bonchev–Trinajstić information content (AvgIpc) is 2.63. The van der Waals surface area contributed by atoms with Gasteiger partial charge in [-0.1, -0.05) is 55.5 Å². The van der Waals surface area contributed by atoms with E-state index in [0.717, 1.165) is 6.42 Å². The molecule has 4 rings (SSSR count). The van der Waals surface area contributed by atoms with E-state index in [0.29, 0.717) is 0 Å². The van der Waals surface area contributed by atoms with Gasteiger partial charge in [0.1, 0.15) is 7.05 Å². The van der Waals surface area contributed by atoms with E-state index in [2.05, 4.69) is 91.3 Å². The number of benzene rings is 3. The molecule has 120 valence electrons. The Morgan fingerprint density at radius 3 is 1.71 bits per heavy atom. The Hall–Kier alpha value is -1.94. The molecule has 0 aliphatic rings. The molecule has 0 bridgehead atoms. The number of para-hydroxylation sites is 2. The van der Waals surface area contributed by atoms with Crippen molar-refractivity contribution in [3.63, 3.8) is 0 Å². The number of pyridine rings is 1. The molecule has 0 aliphatic heterocycles. The summed E-state index contributed by atoms with van der Waals surface area (Å²) in [5.41, 5.74) is 6.53. The van der Waals surface area contributed by atoms with Crippen LogP contribution >= 0.6 is 0 Å². The highest BCUT2D eigenvalue weighted by atomic mass is 127. The number of rotatable bonds is 2. The molecule has 0 unspecified atom stereocenters. The van der Waals surface area contributed by atoms with Gasteiger partial charge >= 0.3 is 0 Å². The van der Waals surface area contributed by atoms with Gasteiger partial charge < -0.3 is 24.0 Å². The Morgan fingerprint density at radius 1 is 0.708 bits per heavy atom. The standard InChI is InChI=1S/C22H20N.HI/c1-3-16-12-14-17(15-13-16)22-18-8-4-6-10-20(18)23(2)21-11-7-5-9-19(21)22;/h4-15H,3H2,1-2H3;1H/q+1;/p-1. The van der Waals surface area contributed by atoms with Gasteiger partial charge in [-0.3, -0.25) is 0 Å². The Bertz CT molecular complexity index is 946. The minimum absolute atomic E-state index is 0. The molecule has 0 N–H and O–H groups in total.